The van der Waals surface area contributed by atoms with Gasteiger partial charge in [-0.05, 0) is 12.1 Å². The van der Waals surface area contributed by atoms with Gasteiger partial charge in [-0.15, -0.1) is 0 Å². The number of nitrogens with two attached hydrogens (primary N) is 1. The lowest BCUT2D eigenvalue weighted by Crippen LogP contribution is -2.04. The van der Waals surface area contributed by atoms with Gasteiger partial charge in [0.1, 0.15) is 0 Å². The first-order chi connectivity index (χ1) is 8.20. The van der Waals surface area contributed by atoms with Gasteiger partial charge in [-0.3, -0.25) is 4.79 Å². The fraction of sp³-hybridized carbons (Fsp3) is 0. The average molecular weight is 293 g/mol. The number of benzene rings is 1. The fourth-order valence-electron chi connectivity index (χ4n) is 1.35. The maximum absolute atomic E-state index is 10.4. The van der Waals surface area contributed by atoms with Crippen molar-refractivity contribution in [2.24, 2.45) is 0 Å². The molecule has 3 N–H and O–H groups in total. The molecular formula is C11H9BrN4O. The third-order valence-electron chi connectivity index (χ3n) is 2.12. The summed E-state index contributed by atoms with van der Waals surface area (Å²) < 4.78 is 0.943. The van der Waals surface area contributed by atoms with E-state index in [9.17, 15) is 4.79 Å². The summed E-state index contributed by atoms with van der Waals surface area (Å²) in [7, 11) is 0. The Kier molecular flexibility index (Phi) is 3.34. The summed E-state index contributed by atoms with van der Waals surface area (Å²) in [5.74, 6) is 0.452. The smallest absolute Gasteiger partial charge is 0.212 e. The molecular weight excluding hydrogens is 284 g/mol. The number of hydrogen-bond donors (Lipinski definition) is 2. The van der Waals surface area contributed by atoms with Crippen LogP contribution >= 0.6 is 15.9 Å². The third kappa shape index (κ3) is 2.59. The van der Waals surface area contributed by atoms with Crippen LogP contribution in [0.2, 0.25) is 0 Å². The average Bonchev–Trinajstić information content (AvgIpc) is 2.32. The molecule has 2 aromatic rings. The Morgan fingerprint density at radius 3 is 2.94 bits per heavy atom. The van der Waals surface area contributed by atoms with Gasteiger partial charge in [0.2, 0.25) is 6.41 Å². The summed E-state index contributed by atoms with van der Waals surface area (Å²) in [6.07, 6.45) is 2.08. The third-order valence-corrected chi connectivity index (χ3v) is 2.61. The predicted octanol–water partition coefficient (Wildman–Crippen LogP) is 2.06. The summed E-state index contributed by atoms with van der Waals surface area (Å²) in [4.78, 5) is 18.6. The number of nitrogens with one attached hydrogen (secondary N) is 1. The van der Waals surface area contributed by atoms with E-state index in [2.05, 4.69) is 31.2 Å². The Bertz CT molecular complexity index is 559. The number of rotatable bonds is 3. The summed E-state index contributed by atoms with van der Waals surface area (Å²) in [5, 5.41) is 2.41. The van der Waals surface area contributed by atoms with Crippen molar-refractivity contribution in [1.29, 1.82) is 0 Å². The van der Waals surface area contributed by atoms with E-state index in [0.29, 0.717) is 12.1 Å². The zero-order chi connectivity index (χ0) is 12.3. The molecule has 0 saturated heterocycles. The predicted molar refractivity (Wildman–Crippen MR) is 69.3 cm³/mol. The van der Waals surface area contributed by atoms with Crippen molar-refractivity contribution in [3.05, 3.63) is 34.9 Å². The second-order valence-electron chi connectivity index (χ2n) is 3.26. The Morgan fingerprint density at radius 1 is 1.41 bits per heavy atom. The Morgan fingerprint density at radius 2 is 2.24 bits per heavy atom. The molecule has 2 rings (SSSR count). The second kappa shape index (κ2) is 4.92. The highest BCUT2D eigenvalue weighted by Gasteiger charge is 2.06. The van der Waals surface area contributed by atoms with Crippen LogP contribution in [0.4, 0.5) is 11.6 Å². The number of hydrogen-bond acceptors (Lipinski definition) is 4. The van der Waals surface area contributed by atoms with Crippen molar-refractivity contribution < 1.29 is 4.79 Å². The number of amides is 1. The van der Waals surface area contributed by atoms with E-state index >= 15 is 0 Å². The van der Waals surface area contributed by atoms with Crippen LogP contribution in [0.25, 0.3) is 11.3 Å². The fourth-order valence-corrected chi connectivity index (χ4v) is 1.75. The Balaban J connectivity index is 2.46. The molecule has 1 heterocycles. The molecule has 0 atom stereocenters. The molecule has 0 unspecified atom stereocenters. The van der Waals surface area contributed by atoms with Gasteiger partial charge in [0.15, 0.2) is 11.6 Å². The molecule has 0 bridgehead atoms. The van der Waals surface area contributed by atoms with E-state index in [0.717, 1.165) is 10.0 Å². The molecule has 6 heteroatoms. The lowest BCUT2D eigenvalue weighted by molar-refractivity contribution is -0.105. The highest BCUT2D eigenvalue weighted by molar-refractivity contribution is 9.10. The quantitative estimate of drug-likeness (QED) is 0.849. The lowest BCUT2D eigenvalue weighted by atomic mass is 10.2. The Labute approximate surface area is 106 Å². The lowest BCUT2D eigenvalue weighted by Gasteiger charge is -2.05. The van der Waals surface area contributed by atoms with E-state index in [1.54, 1.807) is 6.20 Å². The molecule has 0 aliphatic rings. The summed E-state index contributed by atoms with van der Waals surface area (Å²) >= 11 is 3.38. The number of anilines is 2. The van der Waals surface area contributed by atoms with Crippen molar-refractivity contribution in [1.82, 2.24) is 9.97 Å². The maximum atomic E-state index is 10.4. The van der Waals surface area contributed by atoms with Gasteiger partial charge >= 0.3 is 0 Å². The second-order valence-corrected chi connectivity index (χ2v) is 4.18. The molecule has 1 aromatic heterocycles. The minimum Gasteiger partial charge on any atom is -0.381 e. The van der Waals surface area contributed by atoms with E-state index in [4.69, 9.17) is 5.73 Å². The van der Waals surface area contributed by atoms with Crippen LogP contribution in [0.5, 0.6) is 0 Å². The van der Waals surface area contributed by atoms with Gasteiger partial charge in [0.05, 0.1) is 11.9 Å². The maximum Gasteiger partial charge on any atom is 0.212 e. The number of carbonyl (C=O) groups is 1. The van der Waals surface area contributed by atoms with E-state index < -0.39 is 0 Å². The molecule has 0 saturated carbocycles. The summed E-state index contributed by atoms with van der Waals surface area (Å²) in [5.41, 5.74) is 7.11. The number of halogens is 1. The minimum atomic E-state index is 0.191. The van der Waals surface area contributed by atoms with E-state index in [1.807, 2.05) is 24.3 Å². The van der Waals surface area contributed by atoms with Crippen molar-refractivity contribution in [3.8, 4) is 11.3 Å². The molecule has 5 nitrogen and oxygen atoms in total. The largest absolute Gasteiger partial charge is 0.381 e. The Hall–Kier alpha value is -1.95. The van der Waals surface area contributed by atoms with Gasteiger partial charge in [-0.2, -0.15) is 0 Å². The highest BCUT2D eigenvalue weighted by Crippen LogP contribution is 2.23. The van der Waals surface area contributed by atoms with Crippen LogP contribution < -0.4 is 11.1 Å². The van der Waals surface area contributed by atoms with Gasteiger partial charge in [0, 0.05) is 10.0 Å². The molecule has 1 amide bonds. The van der Waals surface area contributed by atoms with Crippen LogP contribution in [-0.2, 0) is 4.79 Å². The first-order valence-corrected chi connectivity index (χ1v) is 5.58. The molecule has 0 aliphatic carbocycles. The van der Waals surface area contributed by atoms with E-state index in [-0.39, 0.29) is 11.6 Å². The van der Waals surface area contributed by atoms with Crippen molar-refractivity contribution in [3.63, 3.8) is 0 Å². The number of aromatic nitrogens is 2. The minimum absolute atomic E-state index is 0.191. The number of nitrogens with zero attached hydrogens (tertiary/aromatic N) is 2. The highest BCUT2D eigenvalue weighted by atomic mass is 79.9. The van der Waals surface area contributed by atoms with E-state index in [1.165, 1.54) is 0 Å². The van der Waals surface area contributed by atoms with Gasteiger partial charge < -0.3 is 11.1 Å². The van der Waals surface area contributed by atoms with Gasteiger partial charge in [-0.1, -0.05) is 28.1 Å². The molecule has 17 heavy (non-hydrogen) atoms. The summed E-state index contributed by atoms with van der Waals surface area (Å²) in [6.45, 7) is 0. The standard InChI is InChI=1S/C11H9BrN4O/c12-8-3-1-2-7(4-8)9-5-14-10(13)11(16-9)15-6-17/h1-6H,(H2,13,14)(H,15,16,17). The zero-order valence-corrected chi connectivity index (χ0v) is 10.3. The first-order valence-electron chi connectivity index (χ1n) is 4.79. The zero-order valence-electron chi connectivity index (χ0n) is 8.72. The molecule has 86 valence electrons. The van der Waals surface area contributed by atoms with Crippen molar-refractivity contribution in [2.75, 3.05) is 11.1 Å². The van der Waals surface area contributed by atoms with Crippen LogP contribution in [0.15, 0.2) is 34.9 Å². The van der Waals surface area contributed by atoms with Gasteiger partial charge in [0.25, 0.3) is 0 Å². The first kappa shape index (κ1) is 11.5. The monoisotopic (exact) mass is 292 g/mol. The molecule has 0 radical (unpaired) electrons. The van der Waals surface area contributed by atoms with Crippen molar-refractivity contribution >= 4 is 34.0 Å². The van der Waals surface area contributed by atoms with Crippen LogP contribution in [-0.4, -0.2) is 16.4 Å². The van der Waals surface area contributed by atoms with Crippen LogP contribution in [0.3, 0.4) is 0 Å². The van der Waals surface area contributed by atoms with Gasteiger partial charge in [-0.25, -0.2) is 9.97 Å². The number of carbonyl (C=O) groups excluding carboxylic acids is 1. The van der Waals surface area contributed by atoms with Crippen molar-refractivity contribution in [2.45, 2.75) is 0 Å². The molecule has 0 spiro atoms. The number of nitrogen functional groups attached to an aromatic ring is 1. The molecule has 1 aromatic carbocycles. The summed E-state index contributed by atoms with van der Waals surface area (Å²) in [6, 6.07) is 7.61. The normalized spacial score (nSPS) is 9.94. The van der Waals surface area contributed by atoms with Crippen LogP contribution in [0.1, 0.15) is 0 Å². The topological polar surface area (TPSA) is 80.9 Å². The molecule has 0 fully saturated rings. The van der Waals surface area contributed by atoms with Crippen LogP contribution in [0, 0.1) is 0 Å². The SMILES string of the molecule is Nc1ncc(-c2cccc(Br)c2)nc1NC=O. The molecule has 0 aliphatic heterocycles.